The van der Waals surface area contributed by atoms with E-state index in [1.54, 1.807) is 91.0 Å². The van der Waals surface area contributed by atoms with Gasteiger partial charge < -0.3 is 0 Å². The maximum absolute atomic E-state index is 16.0. The molecule has 110 valence electrons. The summed E-state index contributed by atoms with van der Waals surface area (Å²) in [5.41, 5.74) is -1.25. The van der Waals surface area contributed by atoms with Crippen molar-refractivity contribution in [2.24, 2.45) is 0 Å². The molecule has 0 aliphatic heterocycles. The van der Waals surface area contributed by atoms with Crippen LogP contribution in [0.25, 0.3) is 0 Å². The molecule has 0 aliphatic carbocycles. The summed E-state index contributed by atoms with van der Waals surface area (Å²) >= 11 is 0. The lowest BCUT2D eigenvalue weighted by Gasteiger charge is -2.30. The molecule has 3 aromatic rings. The minimum Gasteiger partial charge on any atom is -0.238 e. The Morgan fingerprint density at radius 1 is 0.591 bits per heavy atom. The molecule has 0 saturated carbocycles. The molecule has 1 unspecified atom stereocenters. The average molecular weight is 294 g/mol. The van der Waals surface area contributed by atoms with Gasteiger partial charge in [0.2, 0.25) is 0 Å². The van der Waals surface area contributed by atoms with E-state index in [-0.39, 0.29) is 0 Å². The van der Waals surface area contributed by atoms with Crippen molar-refractivity contribution < 1.29 is 8.78 Å². The summed E-state index contributed by atoms with van der Waals surface area (Å²) in [6.07, 6.45) is -1.78. The Kier molecular flexibility index (Phi) is 4.01. The first kappa shape index (κ1) is 14.5. The largest absolute Gasteiger partial charge is 0.238 e. The van der Waals surface area contributed by atoms with E-state index in [0.717, 1.165) is 0 Å². The van der Waals surface area contributed by atoms with E-state index in [1.165, 1.54) is 0 Å². The van der Waals surface area contributed by atoms with Gasteiger partial charge in [-0.1, -0.05) is 91.0 Å². The molecule has 3 aromatic carbocycles. The van der Waals surface area contributed by atoms with Gasteiger partial charge in [-0.3, -0.25) is 0 Å². The zero-order valence-corrected chi connectivity index (χ0v) is 12.0. The van der Waals surface area contributed by atoms with Crippen molar-refractivity contribution in [3.8, 4) is 0 Å². The minimum absolute atomic E-state index is 0.317. The lowest BCUT2D eigenvalue weighted by atomic mass is 9.81. The molecule has 0 aromatic heterocycles. The highest BCUT2D eigenvalue weighted by Gasteiger charge is 2.44. The lowest BCUT2D eigenvalue weighted by Crippen LogP contribution is -2.28. The quantitative estimate of drug-likeness (QED) is 0.586. The summed E-state index contributed by atoms with van der Waals surface area (Å²) in [6.45, 7) is 0. The van der Waals surface area contributed by atoms with Gasteiger partial charge in [-0.05, 0) is 16.7 Å². The zero-order chi connectivity index (χ0) is 15.4. The molecule has 0 heterocycles. The van der Waals surface area contributed by atoms with Crippen molar-refractivity contribution in [3.63, 3.8) is 0 Å². The third-order valence-corrected chi connectivity index (χ3v) is 3.83. The maximum Gasteiger partial charge on any atom is 0.196 e. The fourth-order valence-electron chi connectivity index (χ4n) is 2.67. The molecule has 0 aliphatic rings. The Balaban J connectivity index is 2.16. The highest BCUT2D eigenvalue weighted by molar-refractivity contribution is 5.40. The molecule has 22 heavy (non-hydrogen) atoms. The Bertz CT molecular complexity index is 669. The number of hydrogen-bond acceptors (Lipinski definition) is 0. The Hall–Kier alpha value is -2.48. The molecule has 0 fully saturated rings. The van der Waals surface area contributed by atoms with Crippen LogP contribution >= 0.6 is 0 Å². The highest BCUT2D eigenvalue weighted by atomic mass is 19.2. The smallest absolute Gasteiger partial charge is 0.196 e. The van der Waals surface area contributed by atoms with E-state index in [9.17, 15) is 0 Å². The minimum atomic E-state index is -2.22. The molecule has 3 rings (SSSR count). The first-order chi connectivity index (χ1) is 10.7. The van der Waals surface area contributed by atoms with Gasteiger partial charge in [-0.25, -0.2) is 8.78 Å². The van der Waals surface area contributed by atoms with Crippen LogP contribution in [-0.4, -0.2) is 0 Å². The second-order valence-electron chi connectivity index (χ2n) is 5.22. The second-order valence-corrected chi connectivity index (χ2v) is 5.22. The monoisotopic (exact) mass is 294 g/mol. The van der Waals surface area contributed by atoms with Crippen LogP contribution < -0.4 is 0 Å². The molecular formula is C20H16F2. The molecule has 1 atom stereocenters. The SMILES string of the molecule is FC(c1ccccc1)C(F)(c1ccccc1)c1ccccc1. The third-order valence-electron chi connectivity index (χ3n) is 3.83. The normalized spacial score (nSPS) is 12.8. The second kappa shape index (κ2) is 6.10. The Morgan fingerprint density at radius 3 is 1.36 bits per heavy atom. The van der Waals surface area contributed by atoms with Crippen molar-refractivity contribution in [2.45, 2.75) is 11.8 Å². The van der Waals surface area contributed by atoms with E-state index in [2.05, 4.69) is 0 Å². The number of halogens is 2. The van der Waals surface area contributed by atoms with E-state index >= 15 is 8.78 Å². The van der Waals surface area contributed by atoms with Gasteiger partial charge >= 0.3 is 0 Å². The van der Waals surface area contributed by atoms with Crippen molar-refractivity contribution in [2.75, 3.05) is 0 Å². The summed E-state index contributed by atoms with van der Waals surface area (Å²) in [7, 11) is 0. The lowest BCUT2D eigenvalue weighted by molar-refractivity contribution is 0.0857. The van der Waals surface area contributed by atoms with Crippen molar-refractivity contribution in [3.05, 3.63) is 108 Å². The first-order valence-electron chi connectivity index (χ1n) is 7.22. The van der Waals surface area contributed by atoms with E-state index < -0.39 is 11.8 Å². The summed E-state index contributed by atoms with van der Waals surface area (Å²) in [4.78, 5) is 0. The summed E-state index contributed by atoms with van der Waals surface area (Å²) < 4.78 is 31.1. The molecule has 0 amide bonds. The maximum atomic E-state index is 16.0. The van der Waals surface area contributed by atoms with Gasteiger partial charge in [-0.2, -0.15) is 0 Å². The van der Waals surface area contributed by atoms with Crippen LogP contribution in [-0.2, 0) is 5.67 Å². The fraction of sp³-hybridized carbons (Fsp3) is 0.100. The van der Waals surface area contributed by atoms with Crippen molar-refractivity contribution >= 4 is 0 Å². The van der Waals surface area contributed by atoms with Crippen LogP contribution in [0.15, 0.2) is 91.0 Å². The zero-order valence-electron chi connectivity index (χ0n) is 12.0. The van der Waals surface area contributed by atoms with Gasteiger partial charge in [0.25, 0.3) is 0 Å². The average Bonchev–Trinajstić information content (AvgIpc) is 2.62. The fourth-order valence-corrected chi connectivity index (χ4v) is 2.67. The number of benzene rings is 3. The summed E-state index contributed by atoms with van der Waals surface area (Å²) in [5.74, 6) is 0. The summed E-state index contributed by atoms with van der Waals surface area (Å²) in [6, 6.07) is 25.5. The summed E-state index contributed by atoms with van der Waals surface area (Å²) in [5, 5.41) is 0. The first-order valence-corrected chi connectivity index (χ1v) is 7.22. The van der Waals surface area contributed by atoms with E-state index in [0.29, 0.717) is 16.7 Å². The molecule has 0 saturated heterocycles. The van der Waals surface area contributed by atoms with Crippen molar-refractivity contribution in [1.82, 2.24) is 0 Å². The van der Waals surface area contributed by atoms with Gasteiger partial charge in [0, 0.05) is 0 Å². The standard InChI is InChI=1S/C20H16F2/c21-19(16-10-4-1-5-11-16)20(22,17-12-6-2-7-13-17)18-14-8-3-9-15-18/h1-15,19H. The number of rotatable bonds is 4. The van der Waals surface area contributed by atoms with Crippen LogP contribution in [0.2, 0.25) is 0 Å². The van der Waals surface area contributed by atoms with Gasteiger partial charge in [-0.15, -0.1) is 0 Å². The molecule has 0 bridgehead atoms. The predicted octanol–water partition coefficient (Wildman–Crippen LogP) is 5.61. The molecule has 0 spiro atoms. The topological polar surface area (TPSA) is 0 Å². The van der Waals surface area contributed by atoms with Crippen LogP contribution in [0, 0.1) is 0 Å². The molecule has 0 N–H and O–H groups in total. The molecule has 0 nitrogen and oxygen atoms in total. The van der Waals surface area contributed by atoms with Crippen molar-refractivity contribution in [1.29, 1.82) is 0 Å². The Morgan fingerprint density at radius 2 is 0.955 bits per heavy atom. The Labute approximate surface area is 129 Å². The molecule has 0 radical (unpaired) electrons. The van der Waals surface area contributed by atoms with Crippen LogP contribution in [0.4, 0.5) is 8.78 Å². The number of hydrogen-bond donors (Lipinski definition) is 0. The number of alkyl halides is 2. The van der Waals surface area contributed by atoms with Crippen LogP contribution in [0.3, 0.4) is 0 Å². The molecule has 2 heteroatoms. The third kappa shape index (κ3) is 2.52. The van der Waals surface area contributed by atoms with Gasteiger partial charge in [0.1, 0.15) is 0 Å². The van der Waals surface area contributed by atoms with Crippen LogP contribution in [0.1, 0.15) is 22.9 Å². The van der Waals surface area contributed by atoms with Gasteiger partial charge in [0.15, 0.2) is 11.8 Å². The van der Waals surface area contributed by atoms with Crippen LogP contribution in [0.5, 0.6) is 0 Å². The van der Waals surface area contributed by atoms with E-state index in [1.807, 2.05) is 0 Å². The van der Waals surface area contributed by atoms with Gasteiger partial charge in [0.05, 0.1) is 0 Å². The predicted molar refractivity (Wildman–Crippen MR) is 85.1 cm³/mol. The highest BCUT2D eigenvalue weighted by Crippen LogP contribution is 2.46. The molecular weight excluding hydrogens is 278 g/mol. The van der Waals surface area contributed by atoms with E-state index in [4.69, 9.17) is 0 Å².